The Labute approximate surface area is 178 Å². The van der Waals surface area contributed by atoms with Gasteiger partial charge in [0.15, 0.2) is 5.69 Å². The average Bonchev–Trinajstić information content (AvgIpc) is 3.12. The predicted octanol–water partition coefficient (Wildman–Crippen LogP) is 2.62. The van der Waals surface area contributed by atoms with Crippen LogP contribution in [0.25, 0.3) is 0 Å². The summed E-state index contributed by atoms with van der Waals surface area (Å²) in [6.07, 6.45) is 8.96. The number of aromatic nitrogens is 2. The summed E-state index contributed by atoms with van der Waals surface area (Å²) >= 11 is 0. The number of nitrogens with one attached hydrogen (secondary N) is 1. The van der Waals surface area contributed by atoms with Crippen LogP contribution in [0.3, 0.4) is 0 Å². The van der Waals surface area contributed by atoms with Crippen LogP contribution in [0.2, 0.25) is 0 Å². The Morgan fingerprint density at radius 2 is 1.77 bits per heavy atom. The van der Waals surface area contributed by atoms with Gasteiger partial charge in [-0.15, -0.1) is 0 Å². The second kappa shape index (κ2) is 7.66. The van der Waals surface area contributed by atoms with E-state index in [-0.39, 0.29) is 23.3 Å². The van der Waals surface area contributed by atoms with E-state index in [1.54, 1.807) is 22.7 Å². The zero-order valence-corrected chi connectivity index (χ0v) is 18.2. The molecule has 4 saturated carbocycles. The van der Waals surface area contributed by atoms with Gasteiger partial charge < -0.3 is 15.0 Å². The van der Waals surface area contributed by atoms with Crippen molar-refractivity contribution in [3.05, 3.63) is 17.5 Å². The maximum absolute atomic E-state index is 13.2. The number of hydrogen-bond acceptors (Lipinski definition) is 4. The Morgan fingerprint density at radius 3 is 2.33 bits per heavy atom. The van der Waals surface area contributed by atoms with E-state index in [2.05, 4.69) is 17.3 Å². The van der Waals surface area contributed by atoms with Crippen molar-refractivity contribution in [2.75, 3.05) is 26.3 Å². The van der Waals surface area contributed by atoms with Crippen molar-refractivity contribution in [3.63, 3.8) is 0 Å². The SMILES string of the molecule is CC[C@H](NC(=O)c1cc(C(=O)N2CCOCC2)nn1C)C12CC3CC(CC(C3)C1)C2. The third-order valence-electron chi connectivity index (χ3n) is 8.17. The second-order valence-corrected chi connectivity index (χ2v) is 10.2. The largest absolute Gasteiger partial charge is 0.378 e. The highest BCUT2D eigenvalue weighted by molar-refractivity contribution is 5.98. The number of morpholine rings is 1. The van der Waals surface area contributed by atoms with Crippen molar-refractivity contribution in [2.24, 2.45) is 30.2 Å². The molecule has 2 heterocycles. The summed E-state index contributed by atoms with van der Waals surface area (Å²) in [5.74, 6) is 2.35. The molecule has 164 valence electrons. The fraction of sp³-hybridized carbons (Fsp3) is 0.783. The zero-order valence-electron chi connectivity index (χ0n) is 18.2. The molecule has 6 rings (SSSR count). The molecule has 5 aliphatic rings. The third-order valence-corrected chi connectivity index (χ3v) is 8.17. The summed E-state index contributed by atoms with van der Waals surface area (Å²) in [5, 5.41) is 7.72. The molecule has 2 amide bonds. The van der Waals surface area contributed by atoms with E-state index in [1.165, 1.54) is 38.5 Å². The first kappa shape index (κ1) is 20.0. The molecule has 30 heavy (non-hydrogen) atoms. The van der Waals surface area contributed by atoms with Crippen molar-refractivity contribution in [1.82, 2.24) is 20.0 Å². The maximum atomic E-state index is 13.2. The van der Waals surface area contributed by atoms with Crippen LogP contribution < -0.4 is 5.32 Å². The number of rotatable bonds is 5. The minimum Gasteiger partial charge on any atom is -0.378 e. The van der Waals surface area contributed by atoms with Gasteiger partial charge in [-0.1, -0.05) is 6.92 Å². The second-order valence-electron chi connectivity index (χ2n) is 10.2. The lowest BCUT2D eigenvalue weighted by Gasteiger charge is -2.59. The number of amides is 2. The molecule has 4 aliphatic carbocycles. The van der Waals surface area contributed by atoms with Crippen LogP contribution in [0.5, 0.6) is 0 Å². The molecular formula is C23H34N4O3. The van der Waals surface area contributed by atoms with Crippen molar-refractivity contribution in [3.8, 4) is 0 Å². The number of nitrogens with zero attached hydrogens (tertiary/aromatic N) is 3. The van der Waals surface area contributed by atoms with Gasteiger partial charge in [-0.3, -0.25) is 14.3 Å². The molecule has 1 aliphatic heterocycles. The van der Waals surface area contributed by atoms with E-state index in [9.17, 15) is 9.59 Å². The zero-order chi connectivity index (χ0) is 20.9. The molecule has 0 spiro atoms. The average molecular weight is 415 g/mol. The molecule has 1 N–H and O–H groups in total. The maximum Gasteiger partial charge on any atom is 0.274 e. The smallest absolute Gasteiger partial charge is 0.274 e. The van der Waals surface area contributed by atoms with Crippen molar-refractivity contribution >= 4 is 11.8 Å². The summed E-state index contributed by atoms with van der Waals surface area (Å²) in [4.78, 5) is 27.7. The van der Waals surface area contributed by atoms with Crippen LogP contribution in [0.4, 0.5) is 0 Å². The van der Waals surface area contributed by atoms with Gasteiger partial charge in [0.25, 0.3) is 11.8 Å². The Bertz CT molecular complexity index is 791. The standard InChI is InChI=1S/C23H34N4O3/c1-3-20(23-12-15-8-16(13-23)10-17(9-15)14-23)24-21(28)19-11-18(25-26(19)2)22(29)27-4-6-30-7-5-27/h11,15-17,20H,3-10,12-14H2,1-2H3,(H,24,28)/t15?,16?,17?,20-,23?/m0/s1. The van der Waals surface area contributed by atoms with Gasteiger partial charge in [0.2, 0.25) is 0 Å². The fourth-order valence-electron chi connectivity index (χ4n) is 7.24. The van der Waals surface area contributed by atoms with E-state index in [0.717, 1.165) is 24.2 Å². The normalized spacial score (nSPS) is 33.5. The highest BCUT2D eigenvalue weighted by atomic mass is 16.5. The topological polar surface area (TPSA) is 76.5 Å². The Kier molecular flexibility index (Phi) is 5.12. The van der Waals surface area contributed by atoms with Crippen LogP contribution >= 0.6 is 0 Å². The van der Waals surface area contributed by atoms with Crippen LogP contribution in [0, 0.1) is 23.2 Å². The van der Waals surface area contributed by atoms with Crippen molar-refractivity contribution in [1.29, 1.82) is 0 Å². The molecular weight excluding hydrogens is 380 g/mol. The lowest BCUT2D eigenvalue weighted by Crippen LogP contribution is -2.56. The first-order chi connectivity index (χ1) is 14.5. The molecule has 0 unspecified atom stereocenters. The summed E-state index contributed by atoms with van der Waals surface area (Å²) in [6, 6.07) is 1.85. The molecule has 0 aromatic carbocycles. The van der Waals surface area contributed by atoms with Gasteiger partial charge in [0.1, 0.15) is 5.69 Å². The molecule has 1 aromatic heterocycles. The minimum absolute atomic E-state index is 0.103. The molecule has 1 aromatic rings. The van der Waals surface area contributed by atoms with Crippen LogP contribution in [0.15, 0.2) is 6.07 Å². The van der Waals surface area contributed by atoms with Gasteiger partial charge in [-0.05, 0) is 68.1 Å². The molecule has 7 nitrogen and oxygen atoms in total. The summed E-state index contributed by atoms with van der Waals surface area (Å²) in [5.41, 5.74) is 1.08. The number of ether oxygens (including phenoxy) is 1. The van der Waals surface area contributed by atoms with Crippen molar-refractivity contribution < 1.29 is 14.3 Å². The molecule has 0 radical (unpaired) electrons. The van der Waals surface area contributed by atoms with Gasteiger partial charge >= 0.3 is 0 Å². The quantitative estimate of drug-likeness (QED) is 0.804. The third kappa shape index (κ3) is 3.45. The predicted molar refractivity (Wildman–Crippen MR) is 112 cm³/mol. The molecule has 5 fully saturated rings. The lowest BCUT2D eigenvalue weighted by atomic mass is 9.47. The van der Waals surface area contributed by atoms with Crippen molar-refractivity contribution in [2.45, 2.75) is 57.9 Å². The molecule has 1 atom stereocenters. The van der Waals surface area contributed by atoms with E-state index in [0.29, 0.717) is 37.7 Å². The summed E-state index contributed by atoms with van der Waals surface area (Å²) in [6.45, 7) is 4.44. The monoisotopic (exact) mass is 414 g/mol. The van der Waals surface area contributed by atoms with Crippen LogP contribution in [0.1, 0.15) is 72.8 Å². The fourth-order valence-corrected chi connectivity index (χ4v) is 7.24. The molecule has 7 heteroatoms. The van der Waals surface area contributed by atoms with E-state index >= 15 is 0 Å². The summed E-state index contributed by atoms with van der Waals surface area (Å²) < 4.78 is 6.88. The number of carbonyl (C=O) groups is 2. The molecule has 4 bridgehead atoms. The van der Waals surface area contributed by atoms with Crippen LogP contribution in [-0.2, 0) is 11.8 Å². The van der Waals surface area contributed by atoms with E-state index in [4.69, 9.17) is 4.74 Å². The Morgan fingerprint density at radius 1 is 1.17 bits per heavy atom. The number of aryl methyl sites for hydroxylation is 1. The van der Waals surface area contributed by atoms with E-state index < -0.39 is 0 Å². The van der Waals surface area contributed by atoms with Crippen LogP contribution in [-0.4, -0.2) is 58.8 Å². The van der Waals surface area contributed by atoms with Gasteiger partial charge in [-0.2, -0.15) is 5.10 Å². The van der Waals surface area contributed by atoms with Gasteiger partial charge in [0, 0.05) is 32.2 Å². The molecule has 1 saturated heterocycles. The highest BCUT2D eigenvalue weighted by Crippen LogP contribution is 2.61. The first-order valence-corrected chi connectivity index (χ1v) is 11.7. The number of carbonyl (C=O) groups excluding carboxylic acids is 2. The highest BCUT2D eigenvalue weighted by Gasteiger charge is 2.54. The minimum atomic E-state index is -0.124. The van der Waals surface area contributed by atoms with Gasteiger partial charge in [0.05, 0.1) is 13.2 Å². The van der Waals surface area contributed by atoms with E-state index in [1.807, 2.05) is 0 Å². The Balaban J connectivity index is 1.31. The number of hydrogen-bond donors (Lipinski definition) is 1. The summed E-state index contributed by atoms with van der Waals surface area (Å²) in [7, 11) is 1.75. The Hall–Kier alpha value is -1.89. The first-order valence-electron chi connectivity index (χ1n) is 11.7. The lowest BCUT2D eigenvalue weighted by molar-refractivity contribution is -0.0727. The van der Waals surface area contributed by atoms with Gasteiger partial charge in [-0.25, -0.2) is 0 Å².